The van der Waals surface area contributed by atoms with E-state index in [1.165, 1.54) is 6.17 Å². The molecule has 3 heteroatoms. The van der Waals surface area contributed by atoms with Gasteiger partial charge in [-0.25, -0.2) is 0 Å². The van der Waals surface area contributed by atoms with Crippen LogP contribution in [0.25, 0.3) is 0 Å². The van der Waals surface area contributed by atoms with Gasteiger partial charge in [0.05, 0.1) is 8.07 Å². The van der Waals surface area contributed by atoms with Crippen LogP contribution in [0.1, 0.15) is 0 Å². The first-order valence-electron chi connectivity index (χ1n) is 3.95. The normalized spacial score (nSPS) is 22.8. The summed E-state index contributed by atoms with van der Waals surface area (Å²) >= 11 is 0. The van der Waals surface area contributed by atoms with Crippen molar-refractivity contribution in [1.29, 1.82) is 0 Å². The molecule has 0 radical (unpaired) electrons. The van der Waals surface area contributed by atoms with E-state index in [-0.39, 0.29) is 0 Å². The zero-order chi connectivity index (χ0) is 7.78. The average molecular weight is 158 g/mol. The molecular weight excluding hydrogens is 140 g/mol. The molecule has 2 nitrogen and oxygen atoms in total. The van der Waals surface area contributed by atoms with Crippen LogP contribution >= 0.6 is 0 Å². The molecule has 0 aromatic carbocycles. The Morgan fingerprint density at radius 1 is 1.40 bits per heavy atom. The van der Waals surface area contributed by atoms with Gasteiger partial charge in [0.2, 0.25) is 0 Å². The van der Waals surface area contributed by atoms with Gasteiger partial charge >= 0.3 is 0 Å². The largest absolute Gasteiger partial charge is 0.325 e. The Morgan fingerprint density at radius 2 is 1.90 bits per heavy atom. The van der Waals surface area contributed by atoms with Gasteiger partial charge in [0.1, 0.15) is 0 Å². The molecule has 0 saturated carbocycles. The van der Waals surface area contributed by atoms with Crippen molar-refractivity contribution in [1.82, 2.24) is 4.90 Å². The summed E-state index contributed by atoms with van der Waals surface area (Å²) < 4.78 is 0. The molecule has 0 aromatic rings. The van der Waals surface area contributed by atoms with E-state index in [9.17, 15) is 0 Å². The van der Waals surface area contributed by atoms with Crippen LogP contribution in [0, 0.1) is 0 Å². The molecule has 1 aliphatic heterocycles. The van der Waals surface area contributed by atoms with E-state index >= 15 is 0 Å². The SMILES string of the molecule is C[Si](C)(C)CN1CC(N)C1. The first kappa shape index (κ1) is 8.24. The molecule has 0 aliphatic carbocycles. The zero-order valence-corrected chi connectivity index (χ0v) is 8.22. The maximum atomic E-state index is 5.66. The second-order valence-corrected chi connectivity index (χ2v) is 9.95. The summed E-state index contributed by atoms with van der Waals surface area (Å²) in [6.07, 6.45) is 1.32. The second-order valence-electron chi connectivity index (χ2n) is 4.51. The van der Waals surface area contributed by atoms with Crippen LogP contribution in [0.15, 0.2) is 0 Å². The Balaban J connectivity index is 2.16. The summed E-state index contributed by atoms with van der Waals surface area (Å²) in [5, 5.41) is 0. The Kier molecular flexibility index (Phi) is 2.17. The fourth-order valence-corrected chi connectivity index (χ4v) is 3.01. The summed E-state index contributed by atoms with van der Waals surface area (Å²) in [5.41, 5.74) is 5.66. The van der Waals surface area contributed by atoms with Gasteiger partial charge in [-0.3, -0.25) is 0 Å². The molecule has 1 aliphatic rings. The highest BCUT2D eigenvalue weighted by molar-refractivity contribution is 6.76. The number of rotatable bonds is 2. The van der Waals surface area contributed by atoms with Crippen molar-refractivity contribution in [2.24, 2.45) is 5.73 Å². The van der Waals surface area contributed by atoms with Crippen LogP contribution in [0.3, 0.4) is 0 Å². The highest BCUT2D eigenvalue weighted by Gasteiger charge is 2.27. The van der Waals surface area contributed by atoms with Crippen molar-refractivity contribution in [3.05, 3.63) is 0 Å². The van der Waals surface area contributed by atoms with Crippen molar-refractivity contribution in [3.8, 4) is 0 Å². The van der Waals surface area contributed by atoms with Gasteiger partial charge in [-0.05, 0) is 6.17 Å². The maximum Gasteiger partial charge on any atom is 0.0599 e. The third kappa shape index (κ3) is 2.40. The lowest BCUT2D eigenvalue weighted by molar-refractivity contribution is 0.176. The van der Waals surface area contributed by atoms with Gasteiger partial charge in [0.15, 0.2) is 0 Å². The summed E-state index contributed by atoms with van der Waals surface area (Å²) in [6.45, 7) is 9.46. The lowest BCUT2D eigenvalue weighted by Crippen LogP contribution is -2.59. The van der Waals surface area contributed by atoms with E-state index in [1.54, 1.807) is 0 Å². The van der Waals surface area contributed by atoms with Crippen LogP contribution in [-0.4, -0.2) is 38.3 Å². The minimum atomic E-state index is -0.849. The molecule has 1 saturated heterocycles. The van der Waals surface area contributed by atoms with Crippen molar-refractivity contribution in [2.75, 3.05) is 19.3 Å². The number of likely N-dealkylation sites (tertiary alicyclic amines) is 1. The van der Waals surface area contributed by atoms with Gasteiger partial charge in [0, 0.05) is 19.1 Å². The molecule has 60 valence electrons. The van der Waals surface area contributed by atoms with E-state index in [1.807, 2.05) is 0 Å². The fourth-order valence-electron chi connectivity index (χ4n) is 1.41. The third-order valence-corrected chi connectivity index (χ3v) is 3.08. The smallest absolute Gasteiger partial charge is 0.0599 e. The molecule has 0 amide bonds. The predicted octanol–water partition coefficient (Wildman–Crippen LogP) is 0.507. The van der Waals surface area contributed by atoms with Crippen LogP contribution in [0.5, 0.6) is 0 Å². The molecular formula is C7H18N2Si. The van der Waals surface area contributed by atoms with Crippen LogP contribution in [0.4, 0.5) is 0 Å². The Morgan fingerprint density at radius 3 is 2.20 bits per heavy atom. The molecule has 0 spiro atoms. The number of hydrogen-bond acceptors (Lipinski definition) is 2. The minimum absolute atomic E-state index is 0.469. The first-order chi connectivity index (χ1) is 4.47. The maximum absolute atomic E-state index is 5.66. The predicted molar refractivity (Wildman–Crippen MR) is 47.8 cm³/mol. The van der Waals surface area contributed by atoms with Crippen molar-refractivity contribution < 1.29 is 0 Å². The van der Waals surface area contributed by atoms with E-state index < -0.39 is 8.07 Å². The quantitative estimate of drug-likeness (QED) is 0.593. The van der Waals surface area contributed by atoms with Crippen LogP contribution in [-0.2, 0) is 0 Å². The highest BCUT2D eigenvalue weighted by Crippen LogP contribution is 2.10. The summed E-state index contributed by atoms with van der Waals surface area (Å²) in [6, 6.07) is 0.469. The molecule has 1 rings (SSSR count). The Labute approximate surface area is 64.4 Å². The van der Waals surface area contributed by atoms with Gasteiger partial charge in [-0.2, -0.15) is 0 Å². The molecule has 0 atom stereocenters. The first-order valence-corrected chi connectivity index (χ1v) is 7.66. The molecule has 0 aromatic heterocycles. The monoisotopic (exact) mass is 158 g/mol. The van der Waals surface area contributed by atoms with Gasteiger partial charge < -0.3 is 10.6 Å². The highest BCUT2D eigenvalue weighted by atomic mass is 28.3. The molecule has 2 N–H and O–H groups in total. The van der Waals surface area contributed by atoms with Gasteiger partial charge in [-0.15, -0.1) is 0 Å². The van der Waals surface area contributed by atoms with Gasteiger partial charge in [-0.1, -0.05) is 19.6 Å². The summed E-state index contributed by atoms with van der Waals surface area (Å²) in [5.74, 6) is 0. The van der Waals surface area contributed by atoms with Crippen molar-refractivity contribution >= 4 is 8.07 Å². The number of nitrogens with zero attached hydrogens (tertiary/aromatic N) is 1. The summed E-state index contributed by atoms with van der Waals surface area (Å²) in [4.78, 5) is 2.47. The van der Waals surface area contributed by atoms with E-state index in [0.717, 1.165) is 13.1 Å². The molecule has 10 heavy (non-hydrogen) atoms. The topological polar surface area (TPSA) is 29.3 Å². The molecule has 0 bridgehead atoms. The third-order valence-electron chi connectivity index (χ3n) is 1.68. The molecule has 1 heterocycles. The van der Waals surface area contributed by atoms with Crippen LogP contribution < -0.4 is 5.73 Å². The van der Waals surface area contributed by atoms with Crippen molar-refractivity contribution in [2.45, 2.75) is 25.7 Å². The fraction of sp³-hybridized carbons (Fsp3) is 1.00. The van der Waals surface area contributed by atoms with E-state index in [2.05, 4.69) is 24.5 Å². The summed E-state index contributed by atoms with van der Waals surface area (Å²) in [7, 11) is -0.849. The lowest BCUT2D eigenvalue weighted by Gasteiger charge is -2.40. The Bertz CT molecular complexity index is 113. The lowest BCUT2D eigenvalue weighted by atomic mass is 10.2. The molecule has 0 unspecified atom stereocenters. The van der Waals surface area contributed by atoms with E-state index in [0.29, 0.717) is 6.04 Å². The average Bonchev–Trinajstić information content (AvgIpc) is 1.57. The van der Waals surface area contributed by atoms with E-state index in [4.69, 9.17) is 5.73 Å². The van der Waals surface area contributed by atoms with Crippen molar-refractivity contribution in [3.63, 3.8) is 0 Å². The zero-order valence-electron chi connectivity index (χ0n) is 7.22. The number of hydrogen-bond donors (Lipinski definition) is 1. The second kappa shape index (κ2) is 2.64. The Hall–Kier alpha value is 0.137. The minimum Gasteiger partial charge on any atom is -0.325 e. The van der Waals surface area contributed by atoms with Gasteiger partial charge in [0.25, 0.3) is 0 Å². The van der Waals surface area contributed by atoms with Crippen LogP contribution in [0.2, 0.25) is 19.6 Å². The standard InChI is InChI=1S/C7H18N2Si/c1-10(2,3)6-9-4-7(8)5-9/h7H,4-6,8H2,1-3H3. The number of nitrogens with two attached hydrogens (primary N) is 1. The molecule has 1 fully saturated rings.